The summed E-state index contributed by atoms with van der Waals surface area (Å²) < 4.78 is 53.7. The number of carbonyl (C=O) groups excluding carboxylic acids is 1. The average molecular weight is 519 g/mol. The number of methoxy groups -OCH3 is 1. The van der Waals surface area contributed by atoms with Crippen LogP contribution in [0.1, 0.15) is 29.8 Å². The highest BCUT2D eigenvalue weighted by atomic mass is 32.2. The minimum Gasteiger partial charge on any atom is -0.487 e. The van der Waals surface area contributed by atoms with Crippen LogP contribution in [0.2, 0.25) is 0 Å². The summed E-state index contributed by atoms with van der Waals surface area (Å²) in [4.78, 5) is 14.2. The van der Waals surface area contributed by atoms with Gasteiger partial charge in [0, 0.05) is 38.2 Å². The Morgan fingerprint density at radius 1 is 1.33 bits per heavy atom. The molecule has 0 aliphatic carbocycles. The number of benzene rings is 2. The second kappa shape index (κ2) is 11.8. The molecule has 0 aromatic heterocycles. The molecule has 1 N–H and O–H groups in total. The van der Waals surface area contributed by atoms with Gasteiger partial charge < -0.3 is 19.5 Å². The summed E-state index contributed by atoms with van der Waals surface area (Å²) in [5.41, 5.74) is 0.471. The van der Waals surface area contributed by atoms with Gasteiger partial charge in [-0.3, -0.25) is 4.79 Å². The number of nitrogens with zero attached hydrogens (tertiary/aromatic N) is 2. The molecule has 8 nitrogen and oxygen atoms in total. The topological polar surface area (TPSA) is 96.4 Å². The molecule has 194 valence electrons. The SMILES string of the molecule is COCC#Cc1ccc2c(c1)O[C@@H](CN(C)C(=O)c1ccccc1F)[C@H](C)CN([C@@H](C)CO)S2(=O)=O. The van der Waals surface area contributed by atoms with Crippen LogP contribution in [0.25, 0.3) is 0 Å². The minimum absolute atomic E-state index is 0.0555. The maximum Gasteiger partial charge on any atom is 0.256 e. The third-order valence-corrected chi connectivity index (χ3v) is 8.04. The molecule has 3 atom stereocenters. The van der Waals surface area contributed by atoms with Crippen molar-refractivity contribution in [1.82, 2.24) is 9.21 Å². The number of sulfonamides is 1. The maximum absolute atomic E-state index is 14.2. The maximum atomic E-state index is 14.2. The van der Waals surface area contributed by atoms with Gasteiger partial charge in [0.25, 0.3) is 5.91 Å². The van der Waals surface area contributed by atoms with Gasteiger partial charge in [-0.2, -0.15) is 4.31 Å². The molecule has 0 radical (unpaired) electrons. The van der Waals surface area contributed by atoms with Crippen molar-refractivity contribution in [3.63, 3.8) is 0 Å². The van der Waals surface area contributed by atoms with E-state index in [1.54, 1.807) is 32.2 Å². The number of aliphatic hydroxyl groups excluding tert-OH is 1. The van der Waals surface area contributed by atoms with Gasteiger partial charge in [-0.15, -0.1) is 0 Å². The molecule has 1 heterocycles. The number of hydrogen-bond donors (Lipinski definition) is 1. The molecule has 2 aromatic carbocycles. The molecule has 36 heavy (non-hydrogen) atoms. The summed E-state index contributed by atoms with van der Waals surface area (Å²) >= 11 is 0. The first-order valence-corrected chi connectivity index (χ1v) is 12.9. The van der Waals surface area contributed by atoms with E-state index in [9.17, 15) is 22.7 Å². The van der Waals surface area contributed by atoms with Gasteiger partial charge >= 0.3 is 0 Å². The van der Waals surface area contributed by atoms with Crippen molar-refractivity contribution in [2.45, 2.75) is 30.9 Å². The van der Waals surface area contributed by atoms with E-state index in [2.05, 4.69) is 11.8 Å². The van der Waals surface area contributed by atoms with Crippen LogP contribution in [0.3, 0.4) is 0 Å². The lowest BCUT2D eigenvalue weighted by Crippen LogP contribution is -2.50. The number of hydrogen-bond acceptors (Lipinski definition) is 6. The van der Waals surface area contributed by atoms with Crippen molar-refractivity contribution in [2.24, 2.45) is 5.92 Å². The predicted molar refractivity (Wildman–Crippen MR) is 133 cm³/mol. The van der Waals surface area contributed by atoms with Gasteiger partial charge in [-0.1, -0.05) is 30.9 Å². The fourth-order valence-electron chi connectivity index (χ4n) is 3.92. The highest BCUT2D eigenvalue weighted by Gasteiger charge is 2.38. The zero-order valence-corrected chi connectivity index (χ0v) is 21.6. The molecule has 0 saturated heterocycles. The number of fused-ring (bicyclic) bond motifs is 1. The van der Waals surface area contributed by atoms with Crippen LogP contribution in [-0.4, -0.2) is 81.2 Å². The number of aliphatic hydroxyl groups is 1. The zero-order chi connectivity index (χ0) is 26.5. The van der Waals surface area contributed by atoms with E-state index in [1.807, 2.05) is 6.92 Å². The van der Waals surface area contributed by atoms with E-state index < -0.39 is 33.9 Å². The van der Waals surface area contributed by atoms with Crippen molar-refractivity contribution in [3.05, 3.63) is 59.4 Å². The first kappa shape index (κ1) is 27.6. The van der Waals surface area contributed by atoms with Crippen LogP contribution < -0.4 is 4.74 Å². The average Bonchev–Trinajstić information content (AvgIpc) is 2.85. The van der Waals surface area contributed by atoms with Crippen molar-refractivity contribution >= 4 is 15.9 Å². The third-order valence-electron chi connectivity index (χ3n) is 6.02. The van der Waals surface area contributed by atoms with Crippen molar-refractivity contribution in [1.29, 1.82) is 0 Å². The number of carbonyl (C=O) groups is 1. The van der Waals surface area contributed by atoms with E-state index in [4.69, 9.17) is 9.47 Å². The molecule has 1 aliphatic rings. The second-order valence-electron chi connectivity index (χ2n) is 8.80. The fourth-order valence-corrected chi connectivity index (χ4v) is 5.75. The van der Waals surface area contributed by atoms with E-state index >= 15 is 0 Å². The van der Waals surface area contributed by atoms with Crippen molar-refractivity contribution < 1.29 is 32.2 Å². The Morgan fingerprint density at radius 3 is 2.72 bits per heavy atom. The summed E-state index contributed by atoms with van der Waals surface area (Å²) in [6.07, 6.45) is -0.629. The van der Waals surface area contributed by atoms with E-state index in [0.717, 1.165) is 0 Å². The molecule has 3 rings (SSSR count). The molecule has 0 fully saturated rings. The summed E-state index contributed by atoms with van der Waals surface area (Å²) in [5, 5.41) is 9.76. The lowest BCUT2D eigenvalue weighted by molar-refractivity contribution is 0.0560. The van der Waals surface area contributed by atoms with Crippen LogP contribution in [-0.2, 0) is 14.8 Å². The Balaban J connectivity index is 2.01. The molecule has 0 saturated carbocycles. The largest absolute Gasteiger partial charge is 0.487 e. The third kappa shape index (κ3) is 6.05. The quantitative estimate of drug-likeness (QED) is 0.590. The zero-order valence-electron chi connectivity index (χ0n) is 20.8. The van der Waals surface area contributed by atoms with Gasteiger partial charge in [-0.25, -0.2) is 12.8 Å². The monoisotopic (exact) mass is 518 g/mol. The Labute approximate surface area is 211 Å². The molecule has 0 unspecified atom stereocenters. The molecule has 0 spiro atoms. The van der Waals surface area contributed by atoms with E-state index in [1.165, 1.54) is 40.6 Å². The second-order valence-corrected chi connectivity index (χ2v) is 10.7. The highest BCUT2D eigenvalue weighted by molar-refractivity contribution is 7.89. The first-order valence-electron chi connectivity index (χ1n) is 11.5. The van der Waals surface area contributed by atoms with Crippen LogP contribution in [0, 0.1) is 23.6 Å². The number of amides is 1. The fraction of sp³-hybridized carbons (Fsp3) is 0.423. The molecular weight excluding hydrogens is 487 g/mol. The summed E-state index contributed by atoms with van der Waals surface area (Å²) in [6, 6.07) is 9.60. The van der Waals surface area contributed by atoms with Gasteiger partial charge in [0.2, 0.25) is 10.0 Å². The Bertz CT molecular complexity index is 1260. The smallest absolute Gasteiger partial charge is 0.256 e. The first-order chi connectivity index (χ1) is 17.1. The van der Waals surface area contributed by atoms with Gasteiger partial charge in [0.1, 0.15) is 29.2 Å². The summed E-state index contributed by atoms with van der Waals surface area (Å²) in [7, 11) is -0.936. The van der Waals surface area contributed by atoms with Gasteiger partial charge in [0.15, 0.2) is 0 Å². The predicted octanol–water partition coefficient (Wildman–Crippen LogP) is 2.36. The van der Waals surface area contributed by atoms with Crippen LogP contribution in [0.5, 0.6) is 5.75 Å². The van der Waals surface area contributed by atoms with Gasteiger partial charge in [0.05, 0.1) is 18.7 Å². The minimum atomic E-state index is -4.00. The summed E-state index contributed by atoms with van der Waals surface area (Å²) in [5.74, 6) is 4.31. The molecule has 1 amide bonds. The standard InChI is InChI=1S/C26H31FN2O6S/c1-18-15-29(19(2)17-30)36(32,33)25-12-11-20(8-7-13-34-4)14-23(25)35-24(18)16-28(3)26(31)21-9-5-6-10-22(21)27/h5-6,9-12,14,18-19,24,30H,13,15-17H2,1-4H3/t18-,19+,24+/m1/s1. The van der Waals surface area contributed by atoms with Crippen molar-refractivity contribution in [2.75, 3.05) is 40.5 Å². The number of likely N-dealkylation sites (N-methyl/N-ethyl adjacent to an activating group) is 1. The molecule has 0 bridgehead atoms. The molecule has 1 aliphatic heterocycles. The van der Waals surface area contributed by atoms with E-state index in [-0.39, 0.29) is 48.4 Å². The Kier molecular flexibility index (Phi) is 9.08. The lowest BCUT2D eigenvalue weighted by atomic mass is 10.0. The summed E-state index contributed by atoms with van der Waals surface area (Å²) in [6.45, 7) is 3.42. The lowest BCUT2D eigenvalue weighted by Gasteiger charge is -2.37. The number of rotatable bonds is 6. The normalized spacial score (nSPS) is 20.1. The van der Waals surface area contributed by atoms with Crippen LogP contribution in [0.15, 0.2) is 47.4 Å². The number of ether oxygens (including phenoxy) is 2. The molecule has 10 heteroatoms. The number of halogens is 1. The van der Waals surface area contributed by atoms with E-state index in [0.29, 0.717) is 5.56 Å². The Hall–Kier alpha value is -2.97. The molecular formula is C26H31FN2O6S. The highest BCUT2D eigenvalue weighted by Crippen LogP contribution is 2.34. The Morgan fingerprint density at radius 2 is 2.06 bits per heavy atom. The van der Waals surface area contributed by atoms with Crippen LogP contribution in [0.4, 0.5) is 4.39 Å². The molecule has 2 aromatic rings. The van der Waals surface area contributed by atoms with Crippen molar-refractivity contribution in [3.8, 4) is 17.6 Å². The van der Waals surface area contributed by atoms with Crippen LogP contribution >= 0.6 is 0 Å². The van der Waals surface area contributed by atoms with Gasteiger partial charge in [-0.05, 0) is 37.3 Å².